The summed E-state index contributed by atoms with van der Waals surface area (Å²) in [6, 6.07) is 12.2. The lowest BCUT2D eigenvalue weighted by Gasteiger charge is -2.44. The number of rotatable bonds is 5. The van der Waals surface area contributed by atoms with Crippen molar-refractivity contribution in [2.45, 2.75) is 44.1 Å². The van der Waals surface area contributed by atoms with Crippen LogP contribution in [0.3, 0.4) is 0 Å². The highest BCUT2D eigenvalue weighted by molar-refractivity contribution is 5.87. The van der Waals surface area contributed by atoms with Gasteiger partial charge in [-0.1, -0.05) is 43.5 Å². The van der Waals surface area contributed by atoms with E-state index >= 15 is 0 Å². The molecule has 6 heteroatoms. The quantitative estimate of drug-likeness (QED) is 0.721. The molecule has 170 valence electrons. The summed E-state index contributed by atoms with van der Waals surface area (Å²) >= 11 is 0. The van der Waals surface area contributed by atoms with Crippen molar-refractivity contribution in [3.63, 3.8) is 0 Å². The summed E-state index contributed by atoms with van der Waals surface area (Å²) < 4.78 is 6.18. The van der Waals surface area contributed by atoms with Crippen LogP contribution in [0.5, 0.6) is 0 Å². The van der Waals surface area contributed by atoms with Crippen LogP contribution in [0.25, 0.3) is 11.1 Å². The van der Waals surface area contributed by atoms with Gasteiger partial charge in [-0.05, 0) is 41.7 Å². The summed E-state index contributed by atoms with van der Waals surface area (Å²) in [5.41, 5.74) is 2.17. The number of carbonyl (C=O) groups is 2. The van der Waals surface area contributed by atoms with E-state index in [2.05, 4.69) is 17.1 Å². The summed E-state index contributed by atoms with van der Waals surface area (Å²) in [4.78, 5) is 34.1. The monoisotopic (exact) mass is 435 g/mol. The number of aromatic nitrogens is 1. The average molecular weight is 436 g/mol. The number of hydrogen-bond donors (Lipinski definition) is 0. The lowest BCUT2D eigenvalue weighted by molar-refractivity contribution is -0.174. The third kappa shape index (κ3) is 4.85. The maximum Gasteiger partial charge on any atom is 0.256 e. The fraction of sp³-hybridized carbons (Fsp3) is 0.500. The number of morpholine rings is 1. The van der Waals surface area contributed by atoms with Crippen molar-refractivity contribution in [1.82, 2.24) is 14.8 Å². The predicted octanol–water partition coefficient (Wildman–Crippen LogP) is 3.56. The molecule has 0 bridgehead atoms. The van der Waals surface area contributed by atoms with Crippen LogP contribution >= 0.6 is 0 Å². The Morgan fingerprint density at radius 1 is 1.03 bits per heavy atom. The van der Waals surface area contributed by atoms with Gasteiger partial charge < -0.3 is 14.5 Å². The van der Waals surface area contributed by atoms with Crippen molar-refractivity contribution in [3.8, 4) is 11.1 Å². The number of nitrogens with zero attached hydrogens (tertiary/aromatic N) is 3. The van der Waals surface area contributed by atoms with Gasteiger partial charge >= 0.3 is 0 Å². The van der Waals surface area contributed by atoms with Crippen molar-refractivity contribution in [2.24, 2.45) is 5.92 Å². The van der Waals surface area contributed by atoms with Gasteiger partial charge in [0.2, 0.25) is 5.91 Å². The van der Waals surface area contributed by atoms with Crippen LogP contribution in [0.2, 0.25) is 0 Å². The first-order valence-electron chi connectivity index (χ1n) is 11.6. The lowest BCUT2D eigenvalue weighted by atomic mass is 9.86. The van der Waals surface area contributed by atoms with Crippen LogP contribution in [0.15, 0.2) is 48.8 Å². The molecule has 1 saturated heterocycles. The Bertz CT molecular complexity index is 923. The fourth-order valence-corrected chi connectivity index (χ4v) is 4.99. The molecular weight excluding hydrogens is 402 g/mol. The van der Waals surface area contributed by atoms with Gasteiger partial charge in [-0.2, -0.15) is 0 Å². The molecule has 32 heavy (non-hydrogen) atoms. The maximum atomic E-state index is 13.3. The van der Waals surface area contributed by atoms with Crippen LogP contribution in [0, 0.1) is 5.92 Å². The molecule has 2 fully saturated rings. The van der Waals surface area contributed by atoms with E-state index < -0.39 is 5.60 Å². The minimum absolute atomic E-state index is 0.0862. The number of amides is 2. The van der Waals surface area contributed by atoms with E-state index in [1.54, 1.807) is 31.4 Å². The van der Waals surface area contributed by atoms with Crippen LogP contribution in [-0.2, 0) is 20.7 Å². The van der Waals surface area contributed by atoms with E-state index in [1.807, 2.05) is 29.2 Å². The highest BCUT2D eigenvalue weighted by Crippen LogP contribution is 2.30. The number of likely N-dealkylation sites (N-methyl/N-ethyl adjacent to an activating group) is 1. The lowest BCUT2D eigenvalue weighted by Crippen LogP contribution is -2.62. The smallest absolute Gasteiger partial charge is 0.256 e. The zero-order chi connectivity index (χ0) is 22.6. The Kier molecular flexibility index (Phi) is 6.89. The number of pyridine rings is 1. The molecule has 2 aliphatic rings. The maximum absolute atomic E-state index is 13.3. The second-order valence-corrected chi connectivity index (χ2v) is 9.25. The molecule has 2 amide bonds. The molecule has 4 rings (SSSR count). The van der Waals surface area contributed by atoms with Gasteiger partial charge in [-0.15, -0.1) is 0 Å². The molecule has 0 N–H and O–H groups in total. The van der Waals surface area contributed by atoms with Gasteiger partial charge in [0.1, 0.15) is 0 Å². The zero-order valence-corrected chi connectivity index (χ0v) is 19.1. The highest BCUT2D eigenvalue weighted by Gasteiger charge is 2.46. The molecule has 1 atom stereocenters. The van der Waals surface area contributed by atoms with E-state index in [4.69, 9.17) is 4.74 Å². The SMILES string of the molecule is CN(C)C(=O)[C@]1(Cc2ccc(-c3ccncc3)cc2)CN(C(=O)C2CCCCC2)CCO1. The standard InChI is InChI=1S/C26H33N3O3/c1-28(2)25(31)26(18-20-8-10-21(11-9-20)22-12-14-27-15-13-22)19-29(16-17-32-26)24(30)23-6-4-3-5-7-23/h8-15,23H,3-7,16-19H2,1-2H3/t26-/m0/s1. The van der Waals surface area contributed by atoms with Gasteiger partial charge in [-0.3, -0.25) is 14.6 Å². The first kappa shape index (κ1) is 22.5. The summed E-state index contributed by atoms with van der Waals surface area (Å²) in [7, 11) is 3.50. The summed E-state index contributed by atoms with van der Waals surface area (Å²) in [6.07, 6.45) is 9.37. The van der Waals surface area contributed by atoms with E-state index in [0.29, 0.717) is 26.1 Å². The number of hydrogen-bond acceptors (Lipinski definition) is 4. The van der Waals surface area contributed by atoms with Gasteiger partial charge in [-0.25, -0.2) is 0 Å². The third-order valence-corrected chi connectivity index (χ3v) is 6.71. The second kappa shape index (κ2) is 9.82. The molecule has 0 radical (unpaired) electrons. The zero-order valence-electron chi connectivity index (χ0n) is 19.1. The summed E-state index contributed by atoms with van der Waals surface area (Å²) in [5, 5.41) is 0. The Morgan fingerprint density at radius 2 is 1.69 bits per heavy atom. The van der Waals surface area contributed by atoms with Gasteiger partial charge in [0, 0.05) is 45.4 Å². The molecule has 6 nitrogen and oxygen atoms in total. The molecule has 2 heterocycles. The molecule has 1 saturated carbocycles. The molecule has 1 aliphatic carbocycles. The van der Waals surface area contributed by atoms with Crippen LogP contribution < -0.4 is 0 Å². The third-order valence-electron chi connectivity index (χ3n) is 6.71. The minimum Gasteiger partial charge on any atom is -0.361 e. The van der Waals surface area contributed by atoms with Crippen LogP contribution in [-0.4, -0.2) is 66.0 Å². The fourth-order valence-electron chi connectivity index (χ4n) is 4.99. The largest absolute Gasteiger partial charge is 0.361 e. The average Bonchev–Trinajstić information content (AvgIpc) is 2.84. The van der Waals surface area contributed by atoms with E-state index in [0.717, 1.165) is 42.4 Å². The van der Waals surface area contributed by atoms with Gasteiger partial charge in [0.25, 0.3) is 5.91 Å². The molecule has 2 aromatic rings. The summed E-state index contributed by atoms with van der Waals surface area (Å²) in [5.74, 6) is 0.197. The molecule has 0 unspecified atom stereocenters. The van der Waals surface area contributed by atoms with E-state index in [9.17, 15) is 9.59 Å². The summed E-state index contributed by atoms with van der Waals surface area (Å²) in [6.45, 7) is 1.25. The van der Waals surface area contributed by atoms with Crippen molar-refractivity contribution in [3.05, 3.63) is 54.4 Å². The van der Waals surface area contributed by atoms with Gasteiger partial charge in [0.05, 0.1) is 13.2 Å². The molecular formula is C26H33N3O3. The number of carbonyl (C=O) groups excluding carboxylic acids is 2. The normalized spacial score (nSPS) is 21.9. The second-order valence-electron chi connectivity index (χ2n) is 9.25. The highest BCUT2D eigenvalue weighted by atomic mass is 16.5. The van der Waals surface area contributed by atoms with E-state index in [1.165, 1.54) is 6.42 Å². The van der Waals surface area contributed by atoms with Crippen LogP contribution in [0.1, 0.15) is 37.7 Å². The molecule has 0 spiro atoms. The van der Waals surface area contributed by atoms with Crippen molar-refractivity contribution >= 4 is 11.8 Å². The first-order chi connectivity index (χ1) is 15.5. The van der Waals surface area contributed by atoms with Gasteiger partial charge in [0.15, 0.2) is 5.60 Å². The first-order valence-corrected chi connectivity index (χ1v) is 11.6. The number of benzene rings is 1. The Morgan fingerprint density at radius 3 is 2.34 bits per heavy atom. The molecule has 1 aromatic heterocycles. The Hall–Kier alpha value is -2.73. The minimum atomic E-state index is -1.05. The van der Waals surface area contributed by atoms with Crippen molar-refractivity contribution in [2.75, 3.05) is 33.8 Å². The van der Waals surface area contributed by atoms with Crippen LogP contribution in [0.4, 0.5) is 0 Å². The number of ether oxygens (including phenoxy) is 1. The van der Waals surface area contributed by atoms with E-state index in [-0.39, 0.29) is 17.7 Å². The Labute approximate surface area is 190 Å². The molecule has 1 aliphatic heterocycles. The van der Waals surface area contributed by atoms with Crippen molar-refractivity contribution < 1.29 is 14.3 Å². The Balaban J connectivity index is 1.55. The topological polar surface area (TPSA) is 62.7 Å². The predicted molar refractivity (Wildman–Crippen MR) is 124 cm³/mol. The molecule has 1 aromatic carbocycles. The van der Waals surface area contributed by atoms with Crippen molar-refractivity contribution in [1.29, 1.82) is 0 Å².